The van der Waals surface area contributed by atoms with Crippen molar-refractivity contribution >= 4 is 26.0 Å². The second-order valence-corrected chi connectivity index (χ2v) is 8.15. The zero-order chi connectivity index (χ0) is 14.8. The van der Waals surface area contributed by atoms with Gasteiger partial charge in [0.05, 0.1) is 4.90 Å². The van der Waals surface area contributed by atoms with Crippen molar-refractivity contribution < 1.29 is 12.8 Å². The molecule has 0 aromatic heterocycles. The molecule has 0 amide bonds. The Balaban J connectivity index is 2.24. The molecule has 0 saturated heterocycles. The van der Waals surface area contributed by atoms with Crippen LogP contribution in [0.3, 0.4) is 0 Å². The Bertz CT molecular complexity index is 577. The van der Waals surface area contributed by atoms with E-state index in [-0.39, 0.29) is 15.8 Å². The van der Waals surface area contributed by atoms with Crippen LogP contribution in [0.15, 0.2) is 23.1 Å². The lowest BCUT2D eigenvalue weighted by Gasteiger charge is -2.22. The topological polar surface area (TPSA) is 46.2 Å². The van der Waals surface area contributed by atoms with E-state index in [2.05, 4.69) is 20.7 Å². The van der Waals surface area contributed by atoms with Crippen LogP contribution in [0.1, 0.15) is 37.7 Å². The summed E-state index contributed by atoms with van der Waals surface area (Å²) in [6, 6.07) is 3.71. The summed E-state index contributed by atoms with van der Waals surface area (Å²) in [4.78, 5) is 0.162. The number of halogens is 2. The first-order chi connectivity index (χ1) is 9.40. The monoisotopic (exact) mass is 363 g/mol. The van der Waals surface area contributed by atoms with Crippen molar-refractivity contribution in [3.63, 3.8) is 0 Å². The number of nitrogens with one attached hydrogen (secondary N) is 1. The van der Waals surface area contributed by atoms with Gasteiger partial charge < -0.3 is 0 Å². The van der Waals surface area contributed by atoms with E-state index >= 15 is 0 Å². The minimum absolute atomic E-state index is 0.0291. The molecule has 1 fully saturated rings. The predicted molar refractivity (Wildman–Crippen MR) is 81.0 cm³/mol. The van der Waals surface area contributed by atoms with Crippen molar-refractivity contribution in [1.82, 2.24) is 4.72 Å². The molecule has 1 aliphatic carbocycles. The first-order valence-corrected chi connectivity index (χ1v) is 9.22. The average Bonchev–Trinajstić information content (AvgIpc) is 2.57. The summed E-state index contributed by atoms with van der Waals surface area (Å²) >= 11 is 3.56. The highest BCUT2D eigenvalue weighted by Crippen LogP contribution is 2.26. The lowest BCUT2D eigenvalue weighted by Crippen LogP contribution is -2.40. The van der Waals surface area contributed by atoms with Gasteiger partial charge in [-0.15, -0.1) is 0 Å². The number of sulfonamides is 1. The molecule has 2 rings (SSSR count). The van der Waals surface area contributed by atoms with Gasteiger partial charge in [-0.25, -0.2) is 17.5 Å². The molecular formula is C14H19BrFNO2S. The molecule has 2 atom stereocenters. The van der Waals surface area contributed by atoms with Crippen molar-refractivity contribution in [2.24, 2.45) is 0 Å². The molecule has 1 aromatic carbocycles. The average molecular weight is 364 g/mol. The summed E-state index contributed by atoms with van der Waals surface area (Å²) in [5, 5.41) is 0. The fraction of sp³-hybridized carbons (Fsp3) is 0.571. The standard InChI is InChI=1S/C14H19BrFNO2S/c1-10-7-8-11(16)9-14(10)20(18,19)17-13-6-4-2-3-5-12(13)15/h7-9,12-13,17H,2-6H2,1H3. The Kier molecular flexibility index (Phi) is 5.20. The third kappa shape index (κ3) is 3.80. The Hall–Kier alpha value is -0.460. The summed E-state index contributed by atoms with van der Waals surface area (Å²) in [6.45, 7) is 1.67. The maximum atomic E-state index is 13.3. The van der Waals surface area contributed by atoms with E-state index in [9.17, 15) is 12.8 Å². The number of aryl methyl sites for hydroxylation is 1. The normalized spacial score (nSPS) is 24.4. The van der Waals surface area contributed by atoms with Gasteiger partial charge in [0.15, 0.2) is 0 Å². The van der Waals surface area contributed by atoms with E-state index in [0.29, 0.717) is 5.56 Å². The number of hydrogen-bond acceptors (Lipinski definition) is 2. The van der Waals surface area contributed by atoms with Crippen LogP contribution in [0, 0.1) is 12.7 Å². The van der Waals surface area contributed by atoms with Gasteiger partial charge in [0.2, 0.25) is 10.0 Å². The van der Waals surface area contributed by atoms with Crippen LogP contribution in [0.5, 0.6) is 0 Å². The van der Waals surface area contributed by atoms with Crippen molar-refractivity contribution in [2.75, 3.05) is 0 Å². The van der Waals surface area contributed by atoms with Crippen LogP contribution >= 0.6 is 15.9 Å². The minimum atomic E-state index is -3.68. The first-order valence-electron chi connectivity index (χ1n) is 6.83. The molecule has 6 heteroatoms. The van der Waals surface area contributed by atoms with Gasteiger partial charge in [-0.3, -0.25) is 0 Å². The van der Waals surface area contributed by atoms with Gasteiger partial charge in [0, 0.05) is 10.9 Å². The molecule has 0 bridgehead atoms. The molecule has 0 aliphatic heterocycles. The Morgan fingerprint density at radius 3 is 2.70 bits per heavy atom. The van der Waals surface area contributed by atoms with Crippen LogP contribution in [-0.4, -0.2) is 19.3 Å². The van der Waals surface area contributed by atoms with Crippen molar-refractivity contribution in [2.45, 2.75) is 54.8 Å². The van der Waals surface area contributed by atoms with E-state index in [0.717, 1.165) is 38.2 Å². The second kappa shape index (κ2) is 6.54. The van der Waals surface area contributed by atoms with Gasteiger partial charge in [-0.2, -0.15) is 0 Å². The maximum absolute atomic E-state index is 13.3. The van der Waals surface area contributed by atoms with E-state index in [1.54, 1.807) is 6.92 Å². The highest BCUT2D eigenvalue weighted by Gasteiger charge is 2.27. The molecule has 20 heavy (non-hydrogen) atoms. The summed E-state index contributed by atoms with van der Waals surface area (Å²) in [7, 11) is -3.68. The van der Waals surface area contributed by atoms with Crippen LogP contribution in [-0.2, 0) is 10.0 Å². The van der Waals surface area contributed by atoms with E-state index < -0.39 is 15.8 Å². The van der Waals surface area contributed by atoms with Crippen LogP contribution in [0.4, 0.5) is 4.39 Å². The van der Waals surface area contributed by atoms with Crippen LogP contribution < -0.4 is 4.72 Å². The lowest BCUT2D eigenvalue weighted by molar-refractivity contribution is 0.519. The molecule has 0 spiro atoms. The van der Waals surface area contributed by atoms with E-state index in [1.165, 1.54) is 12.1 Å². The number of hydrogen-bond donors (Lipinski definition) is 1. The van der Waals surface area contributed by atoms with Crippen molar-refractivity contribution in [1.29, 1.82) is 0 Å². The number of benzene rings is 1. The highest BCUT2D eigenvalue weighted by atomic mass is 79.9. The fourth-order valence-corrected chi connectivity index (χ4v) is 4.98. The Morgan fingerprint density at radius 2 is 1.95 bits per heavy atom. The largest absolute Gasteiger partial charge is 0.241 e. The van der Waals surface area contributed by atoms with E-state index in [1.807, 2.05) is 0 Å². The first kappa shape index (κ1) is 15.9. The smallest absolute Gasteiger partial charge is 0.207 e. The highest BCUT2D eigenvalue weighted by molar-refractivity contribution is 9.09. The molecule has 0 radical (unpaired) electrons. The summed E-state index contributed by atoms with van der Waals surface area (Å²) in [5.41, 5.74) is 0.554. The summed E-state index contributed by atoms with van der Waals surface area (Å²) < 4.78 is 40.9. The molecule has 3 nitrogen and oxygen atoms in total. The quantitative estimate of drug-likeness (QED) is 0.659. The Morgan fingerprint density at radius 1 is 1.25 bits per heavy atom. The molecule has 0 heterocycles. The molecule has 1 aromatic rings. The van der Waals surface area contributed by atoms with Gasteiger partial charge in [0.25, 0.3) is 0 Å². The number of alkyl halides is 1. The second-order valence-electron chi connectivity index (χ2n) is 5.29. The fourth-order valence-electron chi connectivity index (χ4n) is 2.52. The van der Waals surface area contributed by atoms with Crippen molar-refractivity contribution in [3.8, 4) is 0 Å². The predicted octanol–water partition coefficient (Wildman–Crippen LogP) is 3.51. The zero-order valence-electron chi connectivity index (χ0n) is 11.4. The van der Waals surface area contributed by atoms with Gasteiger partial charge in [0.1, 0.15) is 5.82 Å². The molecule has 112 valence electrons. The molecule has 1 N–H and O–H groups in total. The van der Waals surface area contributed by atoms with Crippen LogP contribution in [0.2, 0.25) is 0 Å². The third-order valence-electron chi connectivity index (χ3n) is 3.68. The zero-order valence-corrected chi connectivity index (χ0v) is 13.8. The maximum Gasteiger partial charge on any atom is 0.241 e. The van der Waals surface area contributed by atoms with Crippen LogP contribution in [0.25, 0.3) is 0 Å². The SMILES string of the molecule is Cc1ccc(F)cc1S(=O)(=O)NC1CCCCCC1Br. The summed E-state index contributed by atoms with van der Waals surface area (Å²) in [6.07, 6.45) is 5.00. The molecule has 2 unspecified atom stereocenters. The summed E-state index contributed by atoms with van der Waals surface area (Å²) in [5.74, 6) is -0.535. The van der Waals surface area contributed by atoms with Gasteiger partial charge in [-0.1, -0.05) is 41.3 Å². The molecule has 1 aliphatic rings. The molecular weight excluding hydrogens is 345 g/mol. The molecule has 1 saturated carbocycles. The lowest BCUT2D eigenvalue weighted by atomic mass is 10.1. The number of rotatable bonds is 3. The third-order valence-corrected chi connectivity index (χ3v) is 6.41. The van der Waals surface area contributed by atoms with Gasteiger partial charge in [-0.05, 0) is 37.5 Å². The van der Waals surface area contributed by atoms with Gasteiger partial charge >= 0.3 is 0 Å². The minimum Gasteiger partial charge on any atom is -0.207 e. The van der Waals surface area contributed by atoms with Crippen molar-refractivity contribution in [3.05, 3.63) is 29.6 Å². The Labute approximate surface area is 128 Å². The van der Waals surface area contributed by atoms with E-state index in [4.69, 9.17) is 0 Å².